The van der Waals surface area contributed by atoms with Crippen LogP contribution in [0.4, 0.5) is 10.8 Å². The van der Waals surface area contributed by atoms with Crippen LogP contribution in [-0.2, 0) is 30.6 Å². The van der Waals surface area contributed by atoms with Crippen molar-refractivity contribution in [2.75, 3.05) is 30.0 Å². The summed E-state index contributed by atoms with van der Waals surface area (Å²) in [6, 6.07) is 2.45. The van der Waals surface area contributed by atoms with E-state index in [9.17, 15) is 24.3 Å². The van der Waals surface area contributed by atoms with Crippen molar-refractivity contribution in [2.45, 2.75) is 24.9 Å². The lowest BCUT2D eigenvalue weighted by molar-refractivity contribution is -0.688. The molecule has 2 aromatic heterocycles. The van der Waals surface area contributed by atoms with Crippen LogP contribution in [0.25, 0.3) is 0 Å². The number of carbonyl (C=O) groups excluding carboxylic acids is 4. The van der Waals surface area contributed by atoms with Gasteiger partial charge >= 0.3 is 0 Å². The van der Waals surface area contributed by atoms with E-state index in [1.165, 1.54) is 16.7 Å². The Morgan fingerprint density at radius 3 is 2.92 bits per heavy atom. The lowest BCUT2D eigenvalue weighted by Gasteiger charge is -2.50. The molecule has 0 saturated carbocycles. The minimum absolute atomic E-state index is 0.0505. The summed E-state index contributed by atoms with van der Waals surface area (Å²) in [6.45, 7) is 2.01. The number of thioether (sulfide) groups is 1. The average molecular weight is 547 g/mol. The Balaban J connectivity index is 1.53. The molecule has 2 atom stereocenters. The number of β-lactam (4-membered cyclic amide) rings is 1. The summed E-state index contributed by atoms with van der Waals surface area (Å²) in [4.78, 5) is 60.5. The van der Waals surface area contributed by atoms with E-state index in [0.717, 1.165) is 16.4 Å². The fourth-order valence-corrected chi connectivity index (χ4v) is 5.51. The lowest BCUT2D eigenvalue weighted by Crippen LogP contribution is -2.71. The van der Waals surface area contributed by atoms with Crippen molar-refractivity contribution in [3.8, 4) is 0 Å². The fourth-order valence-electron chi connectivity index (χ4n) is 3.74. The first-order valence-corrected chi connectivity index (χ1v) is 12.7. The summed E-state index contributed by atoms with van der Waals surface area (Å²) >= 11 is 2.17. The number of nitrogen functional groups attached to an aromatic ring is 1. The molecule has 3 N–H and O–H groups in total. The van der Waals surface area contributed by atoms with E-state index in [-0.39, 0.29) is 41.3 Å². The number of nitrogens with one attached hydrogen (secondary N) is 1. The zero-order valence-corrected chi connectivity index (χ0v) is 21.3. The Morgan fingerprint density at radius 1 is 1.49 bits per heavy atom. The van der Waals surface area contributed by atoms with Gasteiger partial charge < -0.3 is 30.7 Å². The highest BCUT2D eigenvalue weighted by Gasteiger charge is 2.53. The molecule has 0 aromatic carbocycles. The van der Waals surface area contributed by atoms with Gasteiger partial charge in [-0.1, -0.05) is 5.16 Å². The highest BCUT2D eigenvalue weighted by Crippen LogP contribution is 2.40. The zero-order valence-electron chi connectivity index (χ0n) is 19.7. The van der Waals surface area contributed by atoms with Crippen molar-refractivity contribution in [3.05, 3.63) is 41.6 Å². The van der Waals surface area contributed by atoms with Crippen LogP contribution in [0.15, 0.2) is 41.0 Å². The van der Waals surface area contributed by atoms with E-state index >= 15 is 0 Å². The number of fused-ring (bicyclic) bond motifs is 1. The van der Waals surface area contributed by atoms with Crippen LogP contribution in [0.3, 0.4) is 0 Å². The average Bonchev–Trinajstić information content (AvgIpc) is 3.32. The summed E-state index contributed by atoms with van der Waals surface area (Å²) < 4.78 is 5.67. The highest BCUT2D eigenvalue weighted by atomic mass is 32.2. The SMILES string of the molecule is CCON=C(C(=O)NC1C(=O)N2C(C(=O)[O-])=C(C[n+]3cccc(N(C)C=O)c3)CS[C@@H]12)c1nsc(N)n1. The van der Waals surface area contributed by atoms with Crippen LogP contribution in [0, 0.1) is 0 Å². The molecule has 0 spiro atoms. The molecule has 37 heavy (non-hydrogen) atoms. The van der Waals surface area contributed by atoms with Gasteiger partial charge in [-0.3, -0.25) is 19.3 Å². The lowest BCUT2D eigenvalue weighted by atomic mass is 10.0. The van der Waals surface area contributed by atoms with Crippen molar-refractivity contribution in [3.63, 3.8) is 0 Å². The normalized spacial score (nSPS) is 19.1. The number of nitrogens with zero attached hydrogens (tertiary/aromatic N) is 6. The van der Waals surface area contributed by atoms with Crippen LogP contribution in [0.5, 0.6) is 0 Å². The third kappa shape index (κ3) is 5.24. The van der Waals surface area contributed by atoms with E-state index < -0.39 is 29.2 Å². The molecule has 2 aromatic rings. The van der Waals surface area contributed by atoms with E-state index in [0.29, 0.717) is 17.7 Å². The Kier molecular flexibility index (Phi) is 7.68. The quantitative estimate of drug-likeness (QED) is 0.109. The Labute approximate surface area is 218 Å². The molecular weight excluding hydrogens is 524 g/mol. The standard InChI is InChI=1S/C21H22N8O6S2/c1-3-35-25-13(16-24-21(22)37-26-16)17(31)23-14-18(32)29-15(20(33)34)11(9-36-19(14)29)7-28-6-4-5-12(8-28)27(2)10-30/h4-6,8,10,14,19H,3,7,9H2,1-2H3,(H3-,22,23,24,26,31,33,34)/t14?,19-/m0/s1. The number of pyridine rings is 1. The van der Waals surface area contributed by atoms with E-state index in [4.69, 9.17) is 10.6 Å². The Bertz CT molecular complexity index is 1310. The van der Waals surface area contributed by atoms with Gasteiger partial charge in [-0.05, 0) is 13.0 Å². The maximum Gasteiger partial charge on any atom is 0.278 e. The minimum Gasteiger partial charge on any atom is -0.543 e. The van der Waals surface area contributed by atoms with E-state index in [2.05, 4.69) is 19.8 Å². The number of oxime groups is 1. The first-order chi connectivity index (χ1) is 17.7. The van der Waals surface area contributed by atoms with Crippen molar-refractivity contribution in [1.82, 2.24) is 19.6 Å². The highest BCUT2D eigenvalue weighted by molar-refractivity contribution is 8.00. The Morgan fingerprint density at radius 2 is 2.27 bits per heavy atom. The second-order valence-corrected chi connectivity index (χ2v) is 9.75. The first-order valence-electron chi connectivity index (χ1n) is 10.9. The summed E-state index contributed by atoms with van der Waals surface area (Å²) in [7, 11) is 1.59. The van der Waals surface area contributed by atoms with Gasteiger partial charge in [-0.25, -0.2) is 0 Å². The smallest absolute Gasteiger partial charge is 0.278 e. The maximum absolute atomic E-state index is 13.0. The summed E-state index contributed by atoms with van der Waals surface area (Å²) in [6.07, 6.45) is 4.06. The number of carboxylic acids is 1. The van der Waals surface area contributed by atoms with Gasteiger partial charge in [0.25, 0.3) is 11.8 Å². The summed E-state index contributed by atoms with van der Waals surface area (Å²) in [5.41, 5.74) is 6.17. The molecule has 1 saturated heterocycles. The van der Waals surface area contributed by atoms with Crippen LogP contribution >= 0.6 is 23.3 Å². The number of rotatable bonds is 10. The van der Waals surface area contributed by atoms with Crippen LogP contribution in [-0.4, -0.2) is 75.0 Å². The number of amides is 3. The van der Waals surface area contributed by atoms with Crippen molar-refractivity contribution < 1.29 is 33.7 Å². The predicted octanol–water partition coefficient (Wildman–Crippen LogP) is -2.15. The van der Waals surface area contributed by atoms with Crippen LogP contribution in [0.1, 0.15) is 12.7 Å². The number of hydrogen-bond donors (Lipinski definition) is 2. The molecule has 14 nitrogen and oxygen atoms in total. The third-order valence-corrected chi connectivity index (χ3v) is 7.34. The fraction of sp³-hybridized carbons (Fsp3) is 0.333. The van der Waals surface area contributed by atoms with Gasteiger partial charge in [0.15, 0.2) is 24.1 Å². The molecule has 194 valence electrons. The zero-order chi connectivity index (χ0) is 26.7. The molecule has 0 bridgehead atoms. The van der Waals surface area contributed by atoms with Gasteiger partial charge in [0.05, 0.1) is 11.7 Å². The molecule has 2 aliphatic rings. The van der Waals surface area contributed by atoms with Crippen molar-refractivity contribution in [1.29, 1.82) is 0 Å². The maximum atomic E-state index is 13.0. The van der Waals surface area contributed by atoms with E-state index in [1.54, 1.807) is 43.1 Å². The molecule has 1 fully saturated rings. The molecule has 4 heterocycles. The molecule has 16 heteroatoms. The van der Waals surface area contributed by atoms with Crippen molar-refractivity contribution in [2.24, 2.45) is 5.16 Å². The second-order valence-electron chi connectivity index (χ2n) is 7.87. The van der Waals surface area contributed by atoms with Gasteiger partial charge in [0.1, 0.15) is 23.7 Å². The molecular formula is C21H22N8O6S2. The molecule has 1 unspecified atom stereocenters. The van der Waals surface area contributed by atoms with Gasteiger partial charge in [-0.2, -0.15) is 13.9 Å². The van der Waals surface area contributed by atoms with Gasteiger partial charge in [0.2, 0.25) is 17.9 Å². The molecule has 0 radical (unpaired) electrons. The number of aromatic nitrogens is 3. The Hall–Kier alpha value is -4.05. The van der Waals surface area contributed by atoms with Gasteiger partial charge in [0, 0.05) is 36.0 Å². The largest absolute Gasteiger partial charge is 0.543 e. The van der Waals surface area contributed by atoms with Crippen molar-refractivity contribution >= 4 is 64.0 Å². The van der Waals surface area contributed by atoms with E-state index in [1.807, 2.05) is 0 Å². The number of carbonyl (C=O) groups is 4. The molecule has 2 aliphatic heterocycles. The van der Waals surface area contributed by atoms with Crippen LogP contribution < -0.4 is 25.6 Å². The summed E-state index contributed by atoms with van der Waals surface area (Å²) in [5, 5.41) is 17.9. The first kappa shape index (κ1) is 26.0. The molecule has 0 aliphatic carbocycles. The monoisotopic (exact) mass is 546 g/mol. The minimum atomic E-state index is -1.50. The molecule has 4 rings (SSSR count). The third-order valence-electron chi connectivity index (χ3n) is 5.46. The molecule has 3 amide bonds. The number of hydrogen-bond acceptors (Lipinski definition) is 12. The topological polar surface area (TPSA) is 187 Å². The number of carboxylic acid groups (broad SMARTS) is 1. The van der Waals surface area contributed by atoms with Crippen LogP contribution in [0.2, 0.25) is 0 Å². The number of aliphatic carboxylic acids is 1. The van der Waals surface area contributed by atoms with Gasteiger partial charge in [-0.15, -0.1) is 11.8 Å². The predicted molar refractivity (Wildman–Crippen MR) is 131 cm³/mol. The number of nitrogens with two attached hydrogens (primary N) is 1. The second kappa shape index (κ2) is 10.9. The number of anilines is 2. The summed E-state index contributed by atoms with van der Waals surface area (Å²) in [5.74, 6) is -2.65.